The number of fused-ring (bicyclic) bond motifs is 4. The molecule has 9 nitrogen and oxygen atoms in total. The van der Waals surface area contributed by atoms with Gasteiger partial charge < -0.3 is 19.6 Å². The predicted octanol–water partition coefficient (Wildman–Crippen LogP) is 3.65. The zero-order valence-corrected chi connectivity index (χ0v) is 23.1. The van der Waals surface area contributed by atoms with Crippen LogP contribution in [0.5, 0.6) is 0 Å². The van der Waals surface area contributed by atoms with E-state index in [1.54, 1.807) is 0 Å². The Morgan fingerprint density at radius 2 is 1.14 bits per heavy atom. The Hall–Kier alpha value is -1.87. The maximum Gasteiger partial charge on any atom is 0.410 e. The number of ether oxygens (including phenoxy) is 2. The van der Waals surface area contributed by atoms with Gasteiger partial charge in [0.1, 0.15) is 17.5 Å². The second kappa shape index (κ2) is 12.4. The fraction of sp³-hybridized carbons (Fsp3) is 0.885. The number of piperazine rings is 2. The Morgan fingerprint density at radius 1 is 0.800 bits per heavy atom. The van der Waals surface area contributed by atoms with E-state index in [9.17, 15) is 9.59 Å². The molecule has 35 heavy (non-hydrogen) atoms. The minimum atomic E-state index is -0.390. The third-order valence-corrected chi connectivity index (χ3v) is 6.59. The van der Waals surface area contributed by atoms with Crippen LogP contribution in [-0.4, -0.2) is 101 Å². The minimum Gasteiger partial charge on any atom is -0.444 e. The lowest BCUT2D eigenvalue weighted by Crippen LogP contribution is -2.56. The van der Waals surface area contributed by atoms with Crippen LogP contribution in [0.4, 0.5) is 9.59 Å². The largest absolute Gasteiger partial charge is 0.444 e. The van der Waals surface area contributed by atoms with Crippen molar-refractivity contribution in [2.24, 2.45) is 0 Å². The molecule has 4 unspecified atom stereocenters. The van der Waals surface area contributed by atoms with E-state index in [1.165, 1.54) is 6.92 Å². The molecule has 0 spiro atoms. The molecule has 202 valence electrons. The Morgan fingerprint density at radius 3 is 1.49 bits per heavy atom. The minimum absolute atomic E-state index is 0.124. The number of nitrogens with zero attached hydrogens (tertiary/aromatic N) is 3. The number of rotatable bonds is 1. The summed E-state index contributed by atoms with van der Waals surface area (Å²) in [6.07, 6.45) is 4.95. The first-order valence-electron chi connectivity index (χ1n) is 13.1. The molecule has 9 heteroatoms. The summed E-state index contributed by atoms with van der Waals surface area (Å²) in [7, 11) is 0. The standard InChI is InChI=1S/C13H24N2O2.C11H20N2O2.C2H4O/c1-5-14-8-10-6-7-11(9-14)15(10)12(16)17-13(2,3)4;1-11(2,3)15-10(14)13-8-4-5-9(13)7-12-6-8;1-2-3/h10-11H,5-9H2,1-4H3;8-9,12H,4-7H2,1-3H3;2H,1H3. The van der Waals surface area contributed by atoms with Crippen molar-refractivity contribution >= 4 is 18.5 Å². The van der Waals surface area contributed by atoms with Crippen LogP contribution in [0.1, 0.15) is 81.1 Å². The summed E-state index contributed by atoms with van der Waals surface area (Å²) in [6.45, 7) is 20.1. The SMILES string of the molecule is CC(C)(C)OC(=O)N1C2CCC1CNC2.CC=O.CCN1CC2CCC(C1)N2C(=O)OC(C)(C)C. The number of nitrogens with one attached hydrogen (secondary N) is 1. The van der Waals surface area contributed by atoms with Crippen molar-refractivity contribution < 1.29 is 23.9 Å². The highest BCUT2D eigenvalue weighted by Gasteiger charge is 2.44. The smallest absolute Gasteiger partial charge is 0.410 e. The molecule has 0 aromatic heterocycles. The molecule has 0 aromatic rings. The van der Waals surface area contributed by atoms with Crippen LogP contribution in [0.2, 0.25) is 0 Å². The van der Waals surface area contributed by atoms with Crippen molar-refractivity contribution in [1.29, 1.82) is 0 Å². The Labute approximate surface area is 211 Å². The number of hydrogen-bond donors (Lipinski definition) is 1. The molecular formula is C26H48N4O5. The van der Waals surface area contributed by atoms with Crippen LogP contribution in [0.15, 0.2) is 0 Å². The van der Waals surface area contributed by atoms with Crippen LogP contribution in [0.3, 0.4) is 0 Å². The quantitative estimate of drug-likeness (QED) is 0.554. The highest BCUT2D eigenvalue weighted by molar-refractivity contribution is 5.70. The topological polar surface area (TPSA) is 91.4 Å². The lowest BCUT2D eigenvalue weighted by molar-refractivity contribution is -0.106. The second-order valence-electron chi connectivity index (χ2n) is 11.8. The summed E-state index contributed by atoms with van der Waals surface area (Å²) < 4.78 is 10.9. The Balaban J connectivity index is 0.000000223. The van der Waals surface area contributed by atoms with Crippen LogP contribution in [-0.2, 0) is 14.3 Å². The Kier molecular flexibility index (Phi) is 10.4. The molecule has 4 rings (SSSR count). The summed E-state index contributed by atoms with van der Waals surface area (Å²) in [6, 6.07) is 1.42. The first-order valence-corrected chi connectivity index (χ1v) is 13.1. The van der Waals surface area contributed by atoms with Gasteiger partial charge in [-0.05, 0) is 80.7 Å². The molecule has 0 aromatic carbocycles. The average Bonchev–Trinajstić information content (AvgIpc) is 3.15. The third-order valence-electron chi connectivity index (χ3n) is 6.59. The van der Waals surface area contributed by atoms with Gasteiger partial charge in [-0.25, -0.2) is 9.59 Å². The number of carbonyl (C=O) groups excluding carboxylic acids is 3. The van der Waals surface area contributed by atoms with Crippen LogP contribution >= 0.6 is 0 Å². The van der Waals surface area contributed by atoms with E-state index in [4.69, 9.17) is 14.3 Å². The fourth-order valence-corrected chi connectivity index (χ4v) is 5.25. The van der Waals surface area contributed by atoms with Gasteiger partial charge >= 0.3 is 12.2 Å². The van der Waals surface area contributed by atoms with Gasteiger partial charge in [0.05, 0.1) is 0 Å². The van der Waals surface area contributed by atoms with Gasteiger partial charge in [0.15, 0.2) is 0 Å². The molecule has 4 aliphatic heterocycles. The summed E-state index contributed by atoms with van der Waals surface area (Å²) in [5, 5.41) is 3.35. The lowest BCUT2D eigenvalue weighted by Gasteiger charge is -2.41. The van der Waals surface area contributed by atoms with Crippen molar-refractivity contribution in [1.82, 2.24) is 20.0 Å². The molecule has 2 amide bonds. The molecule has 4 atom stereocenters. The normalized spacial score (nSPS) is 27.8. The third kappa shape index (κ3) is 8.63. The highest BCUT2D eigenvalue weighted by Crippen LogP contribution is 2.31. The number of likely N-dealkylation sites (tertiary alicyclic amines) is 1. The van der Waals surface area contributed by atoms with Crippen LogP contribution in [0, 0.1) is 0 Å². The van der Waals surface area contributed by atoms with Crippen molar-refractivity contribution in [2.45, 2.75) is 116 Å². The highest BCUT2D eigenvalue weighted by atomic mass is 16.6. The van der Waals surface area contributed by atoms with Gasteiger partial charge in [-0.3, -0.25) is 14.7 Å². The van der Waals surface area contributed by atoms with Crippen LogP contribution in [0.25, 0.3) is 0 Å². The molecule has 4 bridgehead atoms. The van der Waals surface area contributed by atoms with Crippen molar-refractivity contribution in [2.75, 3.05) is 32.7 Å². The first kappa shape index (κ1) is 29.4. The second-order valence-corrected chi connectivity index (χ2v) is 11.8. The monoisotopic (exact) mass is 496 g/mol. The van der Waals surface area contributed by atoms with E-state index < -0.39 is 5.60 Å². The van der Waals surface area contributed by atoms with Gasteiger partial charge in [0.2, 0.25) is 0 Å². The molecule has 4 saturated heterocycles. The van der Waals surface area contributed by atoms with Crippen LogP contribution < -0.4 is 5.32 Å². The van der Waals surface area contributed by atoms with E-state index in [0.29, 0.717) is 24.2 Å². The fourth-order valence-electron chi connectivity index (χ4n) is 5.25. The van der Waals surface area contributed by atoms with Crippen molar-refractivity contribution in [3.63, 3.8) is 0 Å². The van der Waals surface area contributed by atoms with Crippen molar-refractivity contribution in [3.05, 3.63) is 0 Å². The zero-order chi connectivity index (χ0) is 26.4. The predicted molar refractivity (Wildman–Crippen MR) is 136 cm³/mol. The number of carbonyl (C=O) groups is 3. The van der Waals surface area contributed by atoms with Crippen molar-refractivity contribution in [3.8, 4) is 0 Å². The lowest BCUT2D eigenvalue weighted by atomic mass is 10.2. The molecule has 0 radical (unpaired) electrons. The summed E-state index contributed by atoms with van der Waals surface area (Å²) in [5.74, 6) is 0. The summed E-state index contributed by atoms with van der Waals surface area (Å²) >= 11 is 0. The van der Waals surface area contributed by atoms with Gasteiger partial charge in [0.25, 0.3) is 0 Å². The molecule has 4 heterocycles. The summed E-state index contributed by atoms with van der Waals surface area (Å²) in [4.78, 5) is 39.3. The maximum atomic E-state index is 12.2. The van der Waals surface area contributed by atoms with Gasteiger partial charge in [0, 0.05) is 50.3 Å². The average molecular weight is 497 g/mol. The Bertz CT molecular complexity index is 688. The van der Waals surface area contributed by atoms with E-state index in [-0.39, 0.29) is 17.8 Å². The van der Waals surface area contributed by atoms with Gasteiger partial charge in [-0.15, -0.1) is 0 Å². The first-order chi connectivity index (χ1) is 16.3. The molecular weight excluding hydrogens is 448 g/mol. The van der Waals surface area contributed by atoms with Gasteiger partial charge in [-0.2, -0.15) is 0 Å². The summed E-state index contributed by atoms with van der Waals surface area (Å²) in [5.41, 5.74) is -0.778. The number of aldehydes is 1. The number of hydrogen-bond acceptors (Lipinski definition) is 7. The molecule has 0 saturated carbocycles. The zero-order valence-electron chi connectivity index (χ0n) is 23.1. The molecule has 4 fully saturated rings. The number of amides is 2. The van der Waals surface area contributed by atoms with E-state index in [2.05, 4.69) is 17.1 Å². The van der Waals surface area contributed by atoms with Gasteiger partial charge in [-0.1, -0.05) is 6.92 Å². The molecule has 1 N–H and O–H groups in total. The number of likely N-dealkylation sites (N-methyl/N-ethyl adjacent to an activating group) is 1. The molecule has 4 aliphatic rings. The maximum absolute atomic E-state index is 12.2. The van der Waals surface area contributed by atoms with E-state index in [0.717, 1.165) is 64.7 Å². The van der Waals surface area contributed by atoms with E-state index in [1.807, 2.05) is 51.3 Å². The molecule has 0 aliphatic carbocycles. The van der Waals surface area contributed by atoms with E-state index >= 15 is 0 Å².